The van der Waals surface area contributed by atoms with E-state index in [1.165, 1.54) is 37.3 Å². The number of rotatable bonds is 42. The lowest BCUT2D eigenvalue weighted by Gasteiger charge is -2.27. The van der Waals surface area contributed by atoms with Gasteiger partial charge in [-0.05, 0) is 112 Å². The van der Waals surface area contributed by atoms with Crippen molar-refractivity contribution in [2.45, 2.75) is 175 Å². The monoisotopic (exact) mass is 1400 g/mol. The van der Waals surface area contributed by atoms with Crippen LogP contribution in [0.3, 0.4) is 0 Å². The van der Waals surface area contributed by atoms with Crippen LogP contribution in [0.25, 0.3) is 0 Å². The number of aliphatic imine (C=N–C) groups is 1. The summed E-state index contributed by atoms with van der Waals surface area (Å²) in [6, 6.07) is -0.525. The second-order valence-corrected chi connectivity index (χ2v) is 26.6. The molecule has 0 radical (unpaired) electrons. The van der Waals surface area contributed by atoms with Gasteiger partial charge in [-0.1, -0.05) is 64.5 Å². The quantitative estimate of drug-likeness (QED) is 0.0258. The summed E-state index contributed by atoms with van der Waals surface area (Å²) in [5.41, 5.74) is 2.28. The van der Waals surface area contributed by atoms with Gasteiger partial charge in [0.1, 0.15) is 36.8 Å². The summed E-state index contributed by atoms with van der Waals surface area (Å²) in [7, 11) is -9.03. The van der Waals surface area contributed by atoms with E-state index in [1.54, 1.807) is 42.5 Å². The third-order valence-electron chi connectivity index (χ3n) is 15.5. The summed E-state index contributed by atoms with van der Waals surface area (Å²) in [6.45, 7) is 8.40. The summed E-state index contributed by atoms with van der Waals surface area (Å²) in [4.78, 5) is 158. The third kappa shape index (κ3) is 25.5. The van der Waals surface area contributed by atoms with Gasteiger partial charge in [0.05, 0.1) is 27.8 Å². The van der Waals surface area contributed by atoms with Gasteiger partial charge in [0.15, 0.2) is 5.78 Å². The number of benzene rings is 2. The van der Waals surface area contributed by atoms with E-state index in [9.17, 15) is 109 Å². The van der Waals surface area contributed by atoms with E-state index in [4.69, 9.17) is 4.74 Å². The molecule has 0 aromatic heterocycles. The fourth-order valence-corrected chi connectivity index (χ4v) is 11.3. The highest BCUT2D eigenvalue weighted by Crippen LogP contribution is 2.49. The number of ketones is 1. The molecule has 2 heterocycles. The van der Waals surface area contributed by atoms with Crippen LogP contribution in [0.5, 0.6) is 0 Å². The first-order valence-corrected chi connectivity index (χ1v) is 33.5. The first kappa shape index (κ1) is 79.9. The number of carbonyl (C=O) groups excluding carboxylic acids is 7. The maximum Gasteiger partial charge on any atom is 0.303 e. The number of carboxylic acids is 5. The van der Waals surface area contributed by atoms with Crippen molar-refractivity contribution in [2.75, 3.05) is 31.2 Å². The van der Waals surface area contributed by atoms with Crippen molar-refractivity contribution in [3.05, 3.63) is 95.8 Å². The molecule has 13 N–H and O–H groups in total. The van der Waals surface area contributed by atoms with E-state index in [0.29, 0.717) is 47.6 Å². The number of hydrogen-bond donors (Lipinski definition) is 13. The first-order chi connectivity index (χ1) is 45.3. The van der Waals surface area contributed by atoms with E-state index in [-0.39, 0.29) is 48.2 Å². The summed E-state index contributed by atoms with van der Waals surface area (Å²) < 4.78 is 72.7. The van der Waals surface area contributed by atoms with Crippen LogP contribution < -0.4 is 36.8 Å². The molecule has 530 valence electrons. The Kier molecular flexibility index (Phi) is 30.1. The van der Waals surface area contributed by atoms with E-state index < -0.39 is 191 Å². The highest BCUT2D eigenvalue weighted by atomic mass is 32.2. The van der Waals surface area contributed by atoms with Crippen LogP contribution in [0.1, 0.15) is 136 Å². The number of amides is 6. The van der Waals surface area contributed by atoms with Gasteiger partial charge in [-0.15, -0.1) is 0 Å². The SMILES string of the molecule is CC(=O)COCCNC(=O)[C@@H](CCC(=O)O)NC(=O)[C@@H](CCC(=O)O)NC(=O)[C@@H](CCC(=O)O)NC(=O)[C@@H](CCC(=O)O)NC(=O)[C@@H](CCC(=O)O)NC(=O)CCCCCN1/C(=C/C=C/C=C/C=C/C2=Nc3ccc(S(=O)(=O)O)cc3C2(C)C)C(C)(C)c2cc(S(=O)(=O)O)ccc21. The lowest BCUT2D eigenvalue weighted by Crippen LogP contribution is -2.59. The molecule has 0 saturated carbocycles. The van der Waals surface area contributed by atoms with Gasteiger partial charge in [0.2, 0.25) is 35.4 Å². The van der Waals surface area contributed by atoms with E-state index in [2.05, 4.69) is 36.9 Å². The van der Waals surface area contributed by atoms with Gasteiger partial charge in [0, 0.05) is 73.8 Å². The van der Waals surface area contributed by atoms with Crippen molar-refractivity contribution in [1.29, 1.82) is 0 Å². The standard InChI is InChI=1S/C63H82N8O24S2/c1-37(72)36-95-33-31-64-57(84)43(20-26-52(74)75)67-59(86)45(22-28-54(78)79)69-61(88)47(24-30-56(82)83)70-60(87)46(23-29-55(80)81)68-58(85)44(21-27-53(76)77)66-51(73)16-12-9-13-32-71-48-25-18-39(97(92,93)94)35-41(48)63(4,5)50(71)15-11-8-6-7-10-14-49-62(2,3)40-34-38(96(89,90)91)17-19-42(40)65-49/h6-8,10-11,14-15,17-19,25,34-35,43-47H,9,12-13,16,20-24,26-33,36H2,1-5H3,(H,64,84)(H,66,73)(H,67,86)(H,68,85)(H,69,88)(H,70,87)(H,74,75)(H,76,77)(H,78,79)(H,80,81)(H,82,83)(H,89,90,91)(H,92,93,94)/b7-6+,11-8+,14-10+,50-15+/t43-,44-,45-,46-,47-/m1/s1. The van der Waals surface area contributed by atoms with Crippen LogP contribution in [-0.2, 0) is 93.3 Å². The lowest BCUT2D eigenvalue weighted by molar-refractivity contribution is -0.141. The molecule has 0 spiro atoms. The van der Waals surface area contributed by atoms with Gasteiger partial charge >= 0.3 is 29.8 Å². The van der Waals surface area contributed by atoms with Gasteiger partial charge in [-0.2, -0.15) is 16.8 Å². The van der Waals surface area contributed by atoms with E-state index in [1.807, 2.05) is 38.7 Å². The fourth-order valence-electron chi connectivity index (χ4n) is 10.3. The molecule has 5 atom stereocenters. The minimum atomic E-state index is -4.60. The van der Waals surface area contributed by atoms with Crippen molar-refractivity contribution < 1.29 is 114 Å². The third-order valence-corrected chi connectivity index (χ3v) is 17.2. The zero-order valence-corrected chi connectivity index (χ0v) is 55.5. The molecule has 2 aliphatic heterocycles. The molecule has 4 rings (SSSR count). The number of unbranched alkanes of at least 4 members (excludes halogenated alkanes) is 2. The summed E-state index contributed by atoms with van der Waals surface area (Å²) in [5.74, 6) is -14.2. The van der Waals surface area contributed by atoms with Crippen LogP contribution in [0.15, 0.2) is 99.4 Å². The molecule has 2 aromatic carbocycles. The number of carboxylic acid groups (broad SMARTS) is 5. The highest BCUT2D eigenvalue weighted by Gasteiger charge is 2.41. The van der Waals surface area contributed by atoms with E-state index >= 15 is 0 Å². The number of ether oxygens (including phenoxy) is 1. The molecular weight excluding hydrogens is 1320 g/mol. The maximum absolute atomic E-state index is 14.0. The number of Topliss-reactive ketones (excluding diaryl/α,β-unsaturated/α-hetero) is 1. The van der Waals surface area contributed by atoms with Gasteiger partial charge < -0.3 is 67.1 Å². The number of fused-ring (bicyclic) bond motifs is 2. The van der Waals surface area contributed by atoms with E-state index in [0.717, 1.165) is 5.70 Å². The van der Waals surface area contributed by atoms with Crippen molar-refractivity contribution in [3.8, 4) is 0 Å². The van der Waals surface area contributed by atoms with Crippen LogP contribution >= 0.6 is 0 Å². The normalized spacial score (nSPS) is 15.9. The number of allylic oxidation sites excluding steroid dienone is 8. The zero-order valence-electron chi connectivity index (χ0n) is 53.9. The summed E-state index contributed by atoms with van der Waals surface area (Å²) in [6.07, 6.45) is 6.16. The Balaban J connectivity index is 1.48. The van der Waals surface area contributed by atoms with Crippen LogP contribution in [0.2, 0.25) is 0 Å². The Bertz CT molecular complexity index is 3710. The smallest absolute Gasteiger partial charge is 0.303 e. The molecule has 2 aliphatic rings. The second-order valence-electron chi connectivity index (χ2n) is 23.8. The Hall–Kier alpha value is -9.51. The topological polar surface area (TPSA) is 512 Å². The number of carbonyl (C=O) groups is 12. The molecule has 0 aliphatic carbocycles. The van der Waals surface area contributed by atoms with Gasteiger partial charge in [0.25, 0.3) is 20.2 Å². The molecule has 97 heavy (non-hydrogen) atoms. The Morgan fingerprint density at radius 3 is 1.40 bits per heavy atom. The Labute approximate surface area is 559 Å². The van der Waals surface area contributed by atoms with Crippen molar-refractivity contribution in [1.82, 2.24) is 31.9 Å². The average molecular weight is 1400 g/mol. The zero-order chi connectivity index (χ0) is 72.6. The van der Waals surface area contributed by atoms with Crippen LogP contribution in [0, 0.1) is 0 Å². The maximum atomic E-state index is 14.0. The minimum Gasteiger partial charge on any atom is -0.481 e. The Morgan fingerprint density at radius 2 is 0.948 bits per heavy atom. The number of nitrogens with zero attached hydrogens (tertiary/aromatic N) is 2. The number of anilines is 1. The average Bonchev–Trinajstić information content (AvgIpc) is 1.60. The molecular formula is C63H82N8O24S2. The molecule has 0 fully saturated rings. The molecule has 32 nitrogen and oxygen atoms in total. The first-order valence-electron chi connectivity index (χ1n) is 30.6. The molecule has 2 aromatic rings. The number of nitrogens with one attached hydrogen (secondary N) is 6. The van der Waals surface area contributed by atoms with Crippen molar-refractivity contribution >= 4 is 108 Å². The number of hydrogen-bond acceptors (Lipinski definition) is 19. The van der Waals surface area contributed by atoms with Crippen molar-refractivity contribution in [2.24, 2.45) is 4.99 Å². The largest absolute Gasteiger partial charge is 0.481 e. The predicted octanol–water partition coefficient (Wildman–Crippen LogP) is 2.92. The summed E-state index contributed by atoms with van der Waals surface area (Å²) in [5, 5.41) is 61.2. The minimum absolute atomic E-state index is 0.167. The van der Waals surface area contributed by atoms with Gasteiger partial charge in [-0.3, -0.25) is 71.6 Å². The fraction of sp³-hybridized carbons (Fsp3) is 0.476. The molecule has 0 saturated heterocycles. The predicted molar refractivity (Wildman–Crippen MR) is 345 cm³/mol. The lowest BCUT2D eigenvalue weighted by atomic mass is 9.81. The molecule has 6 amide bonds. The van der Waals surface area contributed by atoms with Crippen LogP contribution in [-0.4, -0.2) is 185 Å². The summed E-state index contributed by atoms with van der Waals surface area (Å²) >= 11 is 0. The molecule has 34 heteroatoms. The highest BCUT2D eigenvalue weighted by molar-refractivity contribution is 7.86. The molecule has 0 bridgehead atoms. The molecule has 0 unspecified atom stereocenters. The van der Waals surface area contributed by atoms with Crippen LogP contribution in [0.4, 0.5) is 11.4 Å². The number of aliphatic carboxylic acids is 5. The van der Waals surface area contributed by atoms with Crippen molar-refractivity contribution in [3.63, 3.8) is 0 Å². The second kappa shape index (κ2) is 36.6. The van der Waals surface area contributed by atoms with Gasteiger partial charge in [-0.25, -0.2) is 0 Å². The Morgan fingerprint density at radius 1 is 0.526 bits per heavy atom.